The fourth-order valence-electron chi connectivity index (χ4n) is 2.28. The summed E-state index contributed by atoms with van der Waals surface area (Å²) in [5, 5.41) is 0. The number of esters is 2. The Morgan fingerprint density at radius 1 is 1.35 bits per heavy atom. The van der Waals surface area contributed by atoms with Crippen molar-refractivity contribution in [2.45, 2.75) is 31.3 Å². The van der Waals surface area contributed by atoms with E-state index in [4.69, 9.17) is 9.47 Å². The van der Waals surface area contributed by atoms with Crippen molar-refractivity contribution in [1.82, 2.24) is 4.31 Å². The van der Waals surface area contributed by atoms with E-state index in [-0.39, 0.29) is 17.1 Å². The molecule has 1 saturated heterocycles. The Hall–Kier alpha value is -1.93. The van der Waals surface area contributed by atoms with Crippen LogP contribution >= 0.6 is 0 Å². The Balaban J connectivity index is 2.22. The number of hydrogen-bond acceptors (Lipinski definition) is 6. The highest BCUT2D eigenvalue weighted by Gasteiger charge is 2.31. The fourth-order valence-corrected chi connectivity index (χ4v) is 3.78. The summed E-state index contributed by atoms with van der Waals surface area (Å²) < 4.78 is 36.0. The van der Waals surface area contributed by atoms with Gasteiger partial charge in [-0.05, 0) is 18.2 Å². The van der Waals surface area contributed by atoms with Crippen LogP contribution in [-0.4, -0.2) is 50.5 Å². The average Bonchev–Trinajstić information content (AvgIpc) is 2.93. The van der Waals surface area contributed by atoms with Crippen molar-refractivity contribution in [2.75, 3.05) is 19.7 Å². The molecule has 1 heterocycles. The number of sulfonamides is 1. The predicted octanol–water partition coefficient (Wildman–Crippen LogP) is 1.19. The van der Waals surface area contributed by atoms with Gasteiger partial charge in [0.2, 0.25) is 16.1 Å². The lowest BCUT2D eigenvalue weighted by atomic mass is 10.2. The molecule has 0 bridgehead atoms. The Morgan fingerprint density at radius 2 is 2.04 bits per heavy atom. The van der Waals surface area contributed by atoms with Gasteiger partial charge in [-0.2, -0.15) is 4.31 Å². The van der Waals surface area contributed by atoms with Crippen LogP contribution in [0.5, 0.6) is 0 Å². The molecule has 126 valence electrons. The molecule has 23 heavy (non-hydrogen) atoms. The van der Waals surface area contributed by atoms with Crippen molar-refractivity contribution in [2.24, 2.45) is 0 Å². The molecule has 0 unspecified atom stereocenters. The maximum Gasteiger partial charge on any atom is 0.347 e. The summed E-state index contributed by atoms with van der Waals surface area (Å²) in [4.78, 5) is 23.4. The van der Waals surface area contributed by atoms with Crippen LogP contribution in [-0.2, 0) is 24.3 Å². The lowest BCUT2D eigenvalue weighted by Crippen LogP contribution is -2.30. The largest absolute Gasteiger partial charge is 0.463 e. The molecule has 1 aliphatic heterocycles. The predicted molar refractivity (Wildman–Crippen MR) is 81.3 cm³/mol. The molecular weight excluding hydrogens is 322 g/mol. The summed E-state index contributed by atoms with van der Waals surface area (Å²) in [5.41, 5.74) is 0.0814. The number of rotatable bonds is 6. The summed E-state index contributed by atoms with van der Waals surface area (Å²) in [6, 6.07) is 5.61. The number of hydrogen-bond donors (Lipinski definition) is 0. The third kappa shape index (κ3) is 3.70. The summed E-state index contributed by atoms with van der Waals surface area (Å²) in [6.45, 7) is 4.37. The third-order valence-corrected chi connectivity index (χ3v) is 5.60. The molecule has 1 aromatic carbocycles. The van der Waals surface area contributed by atoms with Crippen LogP contribution in [0.4, 0.5) is 0 Å². The highest BCUT2D eigenvalue weighted by Crippen LogP contribution is 2.19. The molecule has 1 atom stereocenters. The van der Waals surface area contributed by atoms with Gasteiger partial charge in [0.05, 0.1) is 17.1 Å². The average molecular weight is 341 g/mol. The Labute approximate surface area is 135 Å². The van der Waals surface area contributed by atoms with E-state index in [1.54, 1.807) is 13.8 Å². The minimum atomic E-state index is -3.66. The second-order valence-corrected chi connectivity index (χ2v) is 6.91. The topological polar surface area (TPSA) is 90.0 Å². The quantitative estimate of drug-likeness (QED) is 0.722. The van der Waals surface area contributed by atoms with Gasteiger partial charge in [-0.1, -0.05) is 19.9 Å². The van der Waals surface area contributed by atoms with Crippen LogP contribution in [0.15, 0.2) is 29.2 Å². The number of carbonyl (C=O) groups is 2. The number of nitrogens with zero attached hydrogens (tertiary/aromatic N) is 1. The molecule has 1 aromatic rings. The fraction of sp³-hybridized carbons (Fsp3) is 0.467. The molecule has 1 aliphatic rings. The van der Waals surface area contributed by atoms with Gasteiger partial charge in [0.15, 0.2) is 0 Å². The minimum absolute atomic E-state index is 0.0182. The van der Waals surface area contributed by atoms with Gasteiger partial charge < -0.3 is 9.47 Å². The van der Waals surface area contributed by atoms with Crippen LogP contribution in [0, 0.1) is 0 Å². The normalized spacial score (nSPS) is 18.0. The first kappa shape index (κ1) is 17.4. The van der Waals surface area contributed by atoms with E-state index < -0.39 is 28.1 Å². The molecule has 0 aliphatic carbocycles. The van der Waals surface area contributed by atoms with E-state index in [2.05, 4.69) is 0 Å². The van der Waals surface area contributed by atoms with Gasteiger partial charge in [-0.15, -0.1) is 0 Å². The van der Waals surface area contributed by atoms with E-state index in [0.29, 0.717) is 19.5 Å². The van der Waals surface area contributed by atoms with Crippen molar-refractivity contribution < 1.29 is 27.5 Å². The number of cyclic esters (lactones) is 1. The molecule has 2 rings (SSSR count). The monoisotopic (exact) mass is 341 g/mol. The molecule has 8 heteroatoms. The third-order valence-electron chi connectivity index (χ3n) is 3.55. The molecule has 0 spiro atoms. The molecule has 0 N–H and O–H groups in total. The SMILES string of the molecule is CCN(CC)S(=O)(=O)c1cccc(C(=O)O[C@@H]2CCOC2=O)c1. The summed E-state index contributed by atoms with van der Waals surface area (Å²) in [7, 11) is -3.66. The van der Waals surface area contributed by atoms with Crippen LogP contribution in [0.25, 0.3) is 0 Å². The molecule has 0 aromatic heterocycles. The summed E-state index contributed by atoms with van der Waals surface area (Å²) >= 11 is 0. The zero-order chi connectivity index (χ0) is 17.0. The zero-order valence-corrected chi connectivity index (χ0v) is 13.8. The minimum Gasteiger partial charge on any atom is -0.463 e. The van der Waals surface area contributed by atoms with Crippen molar-refractivity contribution in [3.8, 4) is 0 Å². The summed E-state index contributed by atoms with van der Waals surface area (Å²) in [5.74, 6) is -1.32. The second-order valence-electron chi connectivity index (χ2n) is 4.97. The van der Waals surface area contributed by atoms with Crippen LogP contribution in [0.2, 0.25) is 0 Å². The van der Waals surface area contributed by atoms with E-state index in [0.717, 1.165) is 0 Å². The van der Waals surface area contributed by atoms with Gasteiger partial charge >= 0.3 is 11.9 Å². The standard InChI is InChI=1S/C15H19NO6S/c1-3-16(4-2)23(19,20)12-7-5-6-11(10-12)14(17)22-13-8-9-21-15(13)18/h5-7,10,13H,3-4,8-9H2,1-2H3/t13-/m1/s1. The van der Waals surface area contributed by atoms with Gasteiger partial charge in [-0.25, -0.2) is 18.0 Å². The Morgan fingerprint density at radius 3 is 2.61 bits per heavy atom. The molecule has 7 nitrogen and oxygen atoms in total. The number of benzene rings is 1. The molecule has 0 amide bonds. The van der Waals surface area contributed by atoms with E-state index in [1.807, 2.05) is 0 Å². The lowest BCUT2D eigenvalue weighted by Gasteiger charge is -2.18. The van der Waals surface area contributed by atoms with Crippen molar-refractivity contribution in [1.29, 1.82) is 0 Å². The molecular formula is C15H19NO6S. The highest BCUT2D eigenvalue weighted by molar-refractivity contribution is 7.89. The zero-order valence-electron chi connectivity index (χ0n) is 13.0. The van der Waals surface area contributed by atoms with E-state index in [9.17, 15) is 18.0 Å². The van der Waals surface area contributed by atoms with Crippen LogP contribution in [0.3, 0.4) is 0 Å². The molecule has 0 radical (unpaired) electrons. The van der Waals surface area contributed by atoms with Crippen LogP contribution < -0.4 is 0 Å². The maximum absolute atomic E-state index is 12.5. The second kappa shape index (κ2) is 7.10. The number of carbonyl (C=O) groups excluding carboxylic acids is 2. The van der Waals surface area contributed by atoms with E-state index in [1.165, 1.54) is 28.6 Å². The van der Waals surface area contributed by atoms with Crippen molar-refractivity contribution >= 4 is 22.0 Å². The molecule has 0 saturated carbocycles. The van der Waals surface area contributed by atoms with Crippen molar-refractivity contribution in [3.05, 3.63) is 29.8 Å². The summed E-state index contributed by atoms with van der Waals surface area (Å²) in [6.07, 6.45) is -0.618. The van der Waals surface area contributed by atoms with E-state index >= 15 is 0 Å². The smallest absolute Gasteiger partial charge is 0.347 e. The first-order valence-corrected chi connectivity index (χ1v) is 8.82. The van der Waals surface area contributed by atoms with Crippen LogP contribution in [0.1, 0.15) is 30.6 Å². The molecule has 1 fully saturated rings. The van der Waals surface area contributed by atoms with Gasteiger partial charge in [0, 0.05) is 19.5 Å². The first-order valence-electron chi connectivity index (χ1n) is 7.38. The maximum atomic E-state index is 12.5. The first-order chi connectivity index (χ1) is 10.9. The van der Waals surface area contributed by atoms with Gasteiger partial charge in [0.25, 0.3) is 0 Å². The lowest BCUT2D eigenvalue weighted by molar-refractivity contribution is -0.145. The highest BCUT2D eigenvalue weighted by atomic mass is 32.2. The Kier molecular flexibility index (Phi) is 5.38. The van der Waals surface area contributed by atoms with Gasteiger partial charge in [-0.3, -0.25) is 0 Å². The van der Waals surface area contributed by atoms with Gasteiger partial charge in [0.1, 0.15) is 0 Å². The van der Waals surface area contributed by atoms with Crippen molar-refractivity contribution in [3.63, 3.8) is 0 Å². The Bertz CT molecular complexity index is 696. The number of ether oxygens (including phenoxy) is 2.